The Hall–Kier alpha value is -2.83. The standard InChI is InChI=1S/C28H32F3NO2/c1-2-3-4-19-34-27-17-13-23(14-18-27)6-5-22-7-9-24(10-8-22)20-32(33)21-25-11-15-26(16-12-25)28(29,30)31/h7-18,32H,2-6,19-21H2,1H3. The molecule has 0 aliphatic heterocycles. The third kappa shape index (κ3) is 8.50. The highest BCUT2D eigenvalue weighted by Crippen LogP contribution is 2.29. The Morgan fingerprint density at radius 3 is 1.68 bits per heavy atom. The highest BCUT2D eigenvalue weighted by atomic mass is 19.4. The fraction of sp³-hybridized carbons (Fsp3) is 0.357. The molecule has 0 aliphatic rings. The molecule has 0 bridgehead atoms. The van der Waals surface area contributed by atoms with Crippen molar-refractivity contribution >= 4 is 0 Å². The van der Waals surface area contributed by atoms with Gasteiger partial charge in [0, 0.05) is 11.1 Å². The van der Waals surface area contributed by atoms with E-state index in [2.05, 4.69) is 19.1 Å². The van der Waals surface area contributed by atoms with Gasteiger partial charge in [-0.15, -0.1) is 0 Å². The van der Waals surface area contributed by atoms with Crippen molar-refractivity contribution in [3.05, 3.63) is 106 Å². The maximum Gasteiger partial charge on any atom is 0.416 e. The van der Waals surface area contributed by atoms with Crippen molar-refractivity contribution in [3.63, 3.8) is 0 Å². The zero-order chi connectivity index (χ0) is 24.4. The Morgan fingerprint density at radius 1 is 0.706 bits per heavy atom. The van der Waals surface area contributed by atoms with E-state index in [0.717, 1.165) is 49.3 Å². The summed E-state index contributed by atoms with van der Waals surface area (Å²) in [6, 6.07) is 21.0. The SMILES string of the molecule is CCCCCOc1ccc(CCc2ccc(C[NH+]([O-])Cc3ccc(C(F)(F)F)cc3)cc2)cc1. The predicted octanol–water partition coefficient (Wildman–Crippen LogP) is 6.14. The largest absolute Gasteiger partial charge is 0.634 e. The predicted molar refractivity (Wildman–Crippen MR) is 128 cm³/mol. The molecule has 1 unspecified atom stereocenters. The van der Waals surface area contributed by atoms with E-state index in [1.54, 1.807) is 0 Å². The Kier molecular flexibility index (Phi) is 9.54. The third-order valence-electron chi connectivity index (χ3n) is 5.75. The van der Waals surface area contributed by atoms with E-state index in [-0.39, 0.29) is 18.2 Å². The first-order chi connectivity index (χ1) is 16.3. The van der Waals surface area contributed by atoms with E-state index in [4.69, 9.17) is 4.74 Å². The van der Waals surface area contributed by atoms with Gasteiger partial charge in [0.25, 0.3) is 0 Å². The molecule has 1 N–H and O–H groups in total. The lowest BCUT2D eigenvalue weighted by molar-refractivity contribution is -0.876. The zero-order valence-corrected chi connectivity index (χ0v) is 19.5. The second-order valence-electron chi connectivity index (χ2n) is 8.60. The maximum atomic E-state index is 12.7. The molecule has 3 nitrogen and oxygen atoms in total. The van der Waals surface area contributed by atoms with E-state index >= 15 is 0 Å². The molecule has 0 radical (unpaired) electrons. The van der Waals surface area contributed by atoms with Crippen LogP contribution in [0, 0.1) is 5.21 Å². The number of nitrogens with one attached hydrogen (secondary N) is 1. The smallest absolute Gasteiger partial charge is 0.416 e. The number of benzene rings is 3. The molecule has 0 saturated carbocycles. The second kappa shape index (κ2) is 12.6. The maximum absolute atomic E-state index is 12.7. The lowest BCUT2D eigenvalue weighted by Gasteiger charge is -2.22. The summed E-state index contributed by atoms with van der Waals surface area (Å²) in [5.41, 5.74) is 3.23. The number of hydroxylamine groups is 2. The van der Waals surface area contributed by atoms with Gasteiger partial charge in [-0.2, -0.15) is 13.2 Å². The lowest BCUT2D eigenvalue weighted by Crippen LogP contribution is -3.04. The molecule has 0 saturated heterocycles. The molecule has 3 aromatic rings. The third-order valence-corrected chi connectivity index (χ3v) is 5.75. The lowest BCUT2D eigenvalue weighted by atomic mass is 10.0. The number of hydrogen-bond acceptors (Lipinski definition) is 2. The van der Waals surface area contributed by atoms with Crippen molar-refractivity contribution in [2.24, 2.45) is 0 Å². The van der Waals surface area contributed by atoms with Crippen molar-refractivity contribution in [3.8, 4) is 5.75 Å². The fourth-order valence-electron chi connectivity index (χ4n) is 3.74. The monoisotopic (exact) mass is 471 g/mol. The summed E-state index contributed by atoms with van der Waals surface area (Å²) >= 11 is 0. The number of halogens is 3. The molecule has 0 fully saturated rings. The highest BCUT2D eigenvalue weighted by molar-refractivity contribution is 5.29. The molecule has 182 valence electrons. The van der Waals surface area contributed by atoms with Crippen molar-refractivity contribution in [1.29, 1.82) is 0 Å². The summed E-state index contributed by atoms with van der Waals surface area (Å²) in [6.07, 6.45) is 0.899. The minimum Gasteiger partial charge on any atom is -0.634 e. The van der Waals surface area contributed by atoms with Crippen molar-refractivity contribution in [2.45, 2.75) is 58.3 Å². The number of unbranched alkanes of at least 4 members (excludes halogenated alkanes) is 2. The van der Waals surface area contributed by atoms with E-state index in [9.17, 15) is 18.4 Å². The van der Waals surface area contributed by atoms with Gasteiger partial charge in [0.2, 0.25) is 0 Å². The first kappa shape index (κ1) is 25.8. The molecular formula is C28H32F3NO2. The number of ether oxygens (including phenoxy) is 1. The van der Waals surface area contributed by atoms with Gasteiger partial charge < -0.3 is 15.0 Å². The summed E-state index contributed by atoms with van der Waals surface area (Å²) in [7, 11) is 0. The van der Waals surface area contributed by atoms with Gasteiger partial charge in [-0.1, -0.05) is 68.3 Å². The van der Waals surface area contributed by atoms with Crippen LogP contribution in [0.15, 0.2) is 72.8 Å². The van der Waals surface area contributed by atoms with E-state index < -0.39 is 11.7 Å². The second-order valence-corrected chi connectivity index (χ2v) is 8.60. The first-order valence-electron chi connectivity index (χ1n) is 11.8. The molecule has 1 atom stereocenters. The van der Waals surface area contributed by atoms with Crippen LogP contribution in [0.4, 0.5) is 13.2 Å². The Morgan fingerprint density at radius 2 is 1.18 bits per heavy atom. The van der Waals surface area contributed by atoms with Crippen LogP contribution in [0.3, 0.4) is 0 Å². The van der Waals surface area contributed by atoms with E-state index in [1.807, 2.05) is 36.4 Å². The average molecular weight is 472 g/mol. The van der Waals surface area contributed by atoms with Gasteiger partial charge in [0.05, 0.1) is 12.2 Å². The molecule has 6 heteroatoms. The molecule has 0 aliphatic carbocycles. The van der Waals surface area contributed by atoms with Crippen molar-refractivity contribution in [1.82, 2.24) is 0 Å². The van der Waals surface area contributed by atoms with Crippen LogP contribution in [0.25, 0.3) is 0 Å². The van der Waals surface area contributed by atoms with E-state index in [0.29, 0.717) is 5.56 Å². The van der Waals surface area contributed by atoms with E-state index in [1.165, 1.54) is 36.1 Å². The number of quaternary nitrogens is 1. The van der Waals surface area contributed by atoms with Crippen LogP contribution < -0.4 is 9.80 Å². The molecular weight excluding hydrogens is 439 g/mol. The Balaban J connectivity index is 1.43. The highest BCUT2D eigenvalue weighted by Gasteiger charge is 2.29. The van der Waals surface area contributed by atoms with Gasteiger partial charge in [-0.05, 0) is 54.7 Å². The van der Waals surface area contributed by atoms with Gasteiger partial charge in [-0.25, -0.2) is 0 Å². The van der Waals surface area contributed by atoms with Crippen LogP contribution in [0.2, 0.25) is 0 Å². The van der Waals surface area contributed by atoms with Crippen LogP contribution in [0.5, 0.6) is 5.75 Å². The fourth-order valence-corrected chi connectivity index (χ4v) is 3.74. The van der Waals surface area contributed by atoms with Gasteiger partial charge in [0.1, 0.15) is 18.8 Å². The average Bonchev–Trinajstić information content (AvgIpc) is 2.82. The van der Waals surface area contributed by atoms with Crippen LogP contribution in [-0.2, 0) is 32.1 Å². The molecule has 0 amide bonds. The Bertz CT molecular complexity index is 984. The van der Waals surface area contributed by atoms with Gasteiger partial charge >= 0.3 is 6.18 Å². The minimum absolute atomic E-state index is 0.0236. The number of aryl methyl sites for hydroxylation is 2. The normalized spacial score (nSPS) is 12.5. The molecule has 0 spiro atoms. The van der Waals surface area contributed by atoms with Crippen molar-refractivity contribution < 1.29 is 23.0 Å². The van der Waals surface area contributed by atoms with Crippen molar-refractivity contribution in [2.75, 3.05) is 6.61 Å². The quantitative estimate of drug-likeness (QED) is 0.254. The van der Waals surface area contributed by atoms with Crippen LogP contribution in [0.1, 0.15) is 54.0 Å². The topological polar surface area (TPSA) is 36.7 Å². The summed E-state index contributed by atoms with van der Waals surface area (Å²) in [5.74, 6) is 0.908. The summed E-state index contributed by atoms with van der Waals surface area (Å²) < 4.78 is 43.7. The van der Waals surface area contributed by atoms with Crippen LogP contribution >= 0.6 is 0 Å². The molecule has 3 rings (SSSR count). The Labute approximate surface area is 199 Å². The molecule has 34 heavy (non-hydrogen) atoms. The first-order valence-corrected chi connectivity index (χ1v) is 11.8. The number of hydrogen-bond donors (Lipinski definition) is 1. The number of rotatable bonds is 12. The van der Waals surface area contributed by atoms with Gasteiger partial charge in [0.15, 0.2) is 0 Å². The summed E-state index contributed by atoms with van der Waals surface area (Å²) in [5, 5.41) is 12.3. The minimum atomic E-state index is -4.37. The van der Waals surface area contributed by atoms with Gasteiger partial charge in [-0.3, -0.25) is 0 Å². The summed E-state index contributed by atoms with van der Waals surface area (Å²) in [4.78, 5) is 0. The number of alkyl halides is 3. The van der Waals surface area contributed by atoms with Crippen LogP contribution in [-0.4, -0.2) is 6.61 Å². The molecule has 0 aromatic heterocycles. The molecule has 3 aromatic carbocycles. The summed E-state index contributed by atoms with van der Waals surface area (Å²) in [6.45, 7) is 3.32. The molecule has 0 heterocycles. The zero-order valence-electron chi connectivity index (χ0n) is 19.5.